The third-order valence-corrected chi connectivity index (χ3v) is 3.69. The summed E-state index contributed by atoms with van der Waals surface area (Å²) in [6.45, 7) is 10.8. The van der Waals surface area contributed by atoms with Crippen molar-refractivity contribution in [2.75, 3.05) is 18.4 Å². The normalized spacial score (nSPS) is 11.2. The van der Waals surface area contributed by atoms with E-state index in [1.54, 1.807) is 12.4 Å². The Hall–Kier alpha value is -2.50. The molecule has 0 spiro atoms. The molecule has 0 radical (unpaired) electrons. The van der Waals surface area contributed by atoms with Gasteiger partial charge in [-0.2, -0.15) is 0 Å². The van der Waals surface area contributed by atoms with E-state index in [4.69, 9.17) is 0 Å². The minimum Gasteiger partial charge on any atom is -0.368 e. The van der Waals surface area contributed by atoms with Gasteiger partial charge in [-0.15, -0.1) is 0 Å². The molecule has 0 saturated heterocycles. The number of nitrogens with zero attached hydrogens (tertiary/aromatic N) is 3. The predicted octanol–water partition coefficient (Wildman–Crippen LogP) is 2.73. The number of anilines is 1. The van der Waals surface area contributed by atoms with E-state index in [0.717, 1.165) is 22.6 Å². The number of hydrogen-bond donors (Lipinski definition) is 2. The molecule has 2 N–H and O–H groups in total. The number of amides is 1. The lowest BCUT2D eigenvalue weighted by Gasteiger charge is -2.18. The summed E-state index contributed by atoms with van der Waals surface area (Å²) in [6, 6.07) is 3.80. The molecule has 2 heterocycles. The topological polar surface area (TPSA) is 79.8 Å². The Bertz CT molecular complexity index is 707. The van der Waals surface area contributed by atoms with E-state index in [2.05, 4.69) is 25.6 Å². The van der Waals surface area contributed by atoms with Gasteiger partial charge < -0.3 is 10.6 Å². The highest BCUT2D eigenvalue weighted by molar-refractivity contribution is 5.81. The molecule has 0 aliphatic heterocycles. The zero-order chi connectivity index (χ0) is 17.7. The minimum atomic E-state index is -0.380. The molecule has 0 unspecified atom stereocenters. The first-order chi connectivity index (χ1) is 11.3. The summed E-state index contributed by atoms with van der Waals surface area (Å²) in [5.41, 5.74) is 2.43. The second-order valence-corrected chi connectivity index (χ2v) is 6.78. The average Bonchev–Trinajstić information content (AvgIpc) is 2.54. The standard InChI is InChI=1S/C18H25N5O/c1-12-13(2)22-16(14-7-6-8-19-11-14)23-15(12)20-9-10-21-17(24)18(3,4)5/h6-8,11H,9-10H2,1-5H3,(H,21,24)(H,20,22,23). The lowest BCUT2D eigenvalue weighted by Crippen LogP contribution is -2.37. The van der Waals surface area contributed by atoms with Crippen LogP contribution in [0.2, 0.25) is 0 Å². The summed E-state index contributed by atoms with van der Waals surface area (Å²) in [6.07, 6.45) is 3.47. The number of nitrogens with one attached hydrogen (secondary N) is 2. The summed E-state index contributed by atoms with van der Waals surface area (Å²) in [7, 11) is 0. The Kier molecular flexibility index (Phi) is 5.49. The molecule has 0 bridgehead atoms. The molecule has 2 rings (SSSR count). The SMILES string of the molecule is Cc1nc(-c2cccnc2)nc(NCCNC(=O)C(C)(C)C)c1C. The van der Waals surface area contributed by atoms with Crippen LogP contribution < -0.4 is 10.6 Å². The number of pyridine rings is 1. The van der Waals surface area contributed by atoms with Crippen molar-refractivity contribution in [3.05, 3.63) is 35.8 Å². The van der Waals surface area contributed by atoms with Crippen LogP contribution in [-0.4, -0.2) is 33.9 Å². The summed E-state index contributed by atoms with van der Waals surface area (Å²) < 4.78 is 0. The molecular formula is C18H25N5O. The van der Waals surface area contributed by atoms with E-state index < -0.39 is 0 Å². The maximum absolute atomic E-state index is 11.9. The lowest BCUT2D eigenvalue weighted by atomic mass is 9.96. The van der Waals surface area contributed by atoms with E-state index in [0.29, 0.717) is 18.9 Å². The fraction of sp³-hybridized carbons (Fsp3) is 0.444. The molecule has 0 saturated carbocycles. The fourth-order valence-corrected chi connectivity index (χ4v) is 2.05. The Morgan fingerprint density at radius 3 is 2.54 bits per heavy atom. The van der Waals surface area contributed by atoms with Gasteiger partial charge in [-0.1, -0.05) is 20.8 Å². The molecule has 1 amide bonds. The van der Waals surface area contributed by atoms with Gasteiger partial charge in [0.05, 0.1) is 0 Å². The monoisotopic (exact) mass is 327 g/mol. The number of carbonyl (C=O) groups excluding carboxylic acids is 1. The van der Waals surface area contributed by atoms with Crippen LogP contribution in [0, 0.1) is 19.3 Å². The largest absolute Gasteiger partial charge is 0.368 e. The van der Waals surface area contributed by atoms with Crippen LogP contribution in [0.1, 0.15) is 32.0 Å². The van der Waals surface area contributed by atoms with Crippen molar-refractivity contribution in [2.45, 2.75) is 34.6 Å². The number of aromatic nitrogens is 3. The lowest BCUT2D eigenvalue weighted by molar-refractivity contribution is -0.128. The maximum atomic E-state index is 11.9. The molecule has 0 aliphatic carbocycles. The second-order valence-electron chi connectivity index (χ2n) is 6.78. The van der Waals surface area contributed by atoms with E-state index in [-0.39, 0.29) is 11.3 Å². The van der Waals surface area contributed by atoms with E-state index in [1.807, 2.05) is 46.8 Å². The first kappa shape index (κ1) is 17.8. The van der Waals surface area contributed by atoms with Gasteiger partial charge in [0.25, 0.3) is 0 Å². The van der Waals surface area contributed by atoms with Gasteiger partial charge in [-0.25, -0.2) is 9.97 Å². The molecule has 6 heteroatoms. The highest BCUT2D eigenvalue weighted by Gasteiger charge is 2.20. The van der Waals surface area contributed by atoms with Crippen molar-refractivity contribution in [3.63, 3.8) is 0 Å². The van der Waals surface area contributed by atoms with Crippen LogP contribution in [0.15, 0.2) is 24.5 Å². The van der Waals surface area contributed by atoms with Crippen molar-refractivity contribution in [2.24, 2.45) is 5.41 Å². The highest BCUT2D eigenvalue weighted by Crippen LogP contribution is 2.20. The molecule has 6 nitrogen and oxygen atoms in total. The Morgan fingerprint density at radius 2 is 1.92 bits per heavy atom. The summed E-state index contributed by atoms with van der Waals surface area (Å²) in [5, 5.41) is 6.20. The van der Waals surface area contributed by atoms with Gasteiger partial charge in [0.1, 0.15) is 5.82 Å². The summed E-state index contributed by atoms with van der Waals surface area (Å²) >= 11 is 0. The van der Waals surface area contributed by atoms with E-state index >= 15 is 0 Å². The van der Waals surface area contributed by atoms with Crippen LogP contribution in [0.3, 0.4) is 0 Å². The number of hydrogen-bond acceptors (Lipinski definition) is 5. The van der Waals surface area contributed by atoms with E-state index in [9.17, 15) is 4.79 Å². The molecule has 0 fully saturated rings. The van der Waals surface area contributed by atoms with Crippen molar-refractivity contribution < 1.29 is 4.79 Å². The average molecular weight is 327 g/mol. The third-order valence-electron chi connectivity index (χ3n) is 3.69. The van der Waals surface area contributed by atoms with Gasteiger partial charge in [0, 0.05) is 47.7 Å². The van der Waals surface area contributed by atoms with Gasteiger partial charge >= 0.3 is 0 Å². The van der Waals surface area contributed by atoms with Crippen LogP contribution in [0.5, 0.6) is 0 Å². The Labute approximate surface area is 143 Å². The van der Waals surface area contributed by atoms with Crippen molar-refractivity contribution in [1.82, 2.24) is 20.3 Å². The molecule has 0 aliphatic rings. The van der Waals surface area contributed by atoms with E-state index in [1.165, 1.54) is 0 Å². The number of aryl methyl sites for hydroxylation is 1. The number of rotatable bonds is 5. The molecule has 0 atom stereocenters. The molecule has 128 valence electrons. The van der Waals surface area contributed by atoms with Gasteiger partial charge in [0.2, 0.25) is 5.91 Å². The summed E-state index contributed by atoms with van der Waals surface area (Å²) in [5.74, 6) is 1.47. The van der Waals surface area contributed by atoms with Crippen molar-refractivity contribution >= 4 is 11.7 Å². The van der Waals surface area contributed by atoms with Crippen LogP contribution in [-0.2, 0) is 4.79 Å². The van der Waals surface area contributed by atoms with Crippen LogP contribution in [0.25, 0.3) is 11.4 Å². The highest BCUT2D eigenvalue weighted by atomic mass is 16.2. The predicted molar refractivity (Wildman–Crippen MR) is 95.7 cm³/mol. The zero-order valence-corrected chi connectivity index (χ0v) is 15.0. The number of carbonyl (C=O) groups is 1. The summed E-state index contributed by atoms with van der Waals surface area (Å²) in [4.78, 5) is 25.1. The molecular weight excluding hydrogens is 302 g/mol. The van der Waals surface area contributed by atoms with Crippen molar-refractivity contribution in [1.29, 1.82) is 0 Å². The van der Waals surface area contributed by atoms with Gasteiger partial charge in [-0.3, -0.25) is 9.78 Å². The maximum Gasteiger partial charge on any atom is 0.225 e. The quantitative estimate of drug-likeness (QED) is 0.826. The van der Waals surface area contributed by atoms with Crippen molar-refractivity contribution in [3.8, 4) is 11.4 Å². The molecule has 24 heavy (non-hydrogen) atoms. The van der Waals surface area contributed by atoms with Gasteiger partial charge in [0.15, 0.2) is 5.82 Å². The Morgan fingerprint density at radius 1 is 1.17 bits per heavy atom. The Balaban J connectivity index is 2.05. The van der Waals surface area contributed by atoms with Crippen LogP contribution in [0.4, 0.5) is 5.82 Å². The fourth-order valence-electron chi connectivity index (χ4n) is 2.05. The first-order valence-electron chi connectivity index (χ1n) is 8.07. The minimum absolute atomic E-state index is 0.0379. The molecule has 2 aromatic rings. The van der Waals surface area contributed by atoms with Crippen LogP contribution >= 0.6 is 0 Å². The first-order valence-corrected chi connectivity index (χ1v) is 8.07. The molecule has 2 aromatic heterocycles. The third kappa shape index (κ3) is 4.50. The smallest absolute Gasteiger partial charge is 0.225 e. The molecule has 0 aromatic carbocycles. The zero-order valence-electron chi connectivity index (χ0n) is 15.0. The van der Waals surface area contributed by atoms with Gasteiger partial charge in [-0.05, 0) is 26.0 Å². The second kappa shape index (κ2) is 7.38.